The minimum atomic E-state index is -0.0608. The van der Waals surface area contributed by atoms with E-state index >= 15 is 0 Å². The average Bonchev–Trinajstić information content (AvgIpc) is 3.19. The molecule has 2 aromatic rings. The molecule has 1 saturated heterocycles. The van der Waals surface area contributed by atoms with Crippen molar-refractivity contribution in [1.82, 2.24) is 15.3 Å². The van der Waals surface area contributed by atoms with Gasteiger partial charge in [0.25, 0.3) is 0 Å². The molecule has 0 spiro atoms. The summed E-state index contributed by atoms with van der Waals surface area (Å²) in [6, 6.07) is 4.07. The second-order valence-electron chi connectivity index (χ2n) is 5.91. The number of nitrogens with zero attached hydrogens (tertiary/aromatic N) is 4. The number of carbonyl (C=O) groups excluding carboxylic acids is 1. The van der Waals surface area contributed by atoms with Gasteiger partial charge in [-0.2, -0.15) is 16.6 Å². The molecule has 0 aromatic carbocycles. The fourth-order valence-corrected chi connectivity index (χ4v) is 3.46. The molecule has 0 bridgehead atoms. The minimum Gasteiger partial charge on any atom is -0.354 e. The fraction of sp³-hybridized carbons (Fsp3) is 0.333. The number of hydrogen-bond acceptors (Lipinski definition) is 6. The Hall–Kier alpha value is -2.72. The van der Waals surface area contributed by atoms with E-state index in [1.807, 2.05) is 22.9 Å². The van der Waals surface area contributed by atoms with E-state index < -0.39 is 0 Å². The van der Waals surface area contributed by atoms with Crippen LogP contribution in [0.5, 0.6) is 0 Å². The van der Waals surface area contributed by atoms with Crippen LogP contribution in [0.1, 0.15) is 24.1 Å². The Labute approximate surface area is 150 Å². The predicted molar refractivity (Wildman–Crippen MR) is 98.0 cm³/mol. The topological polar surface area (TPSA) is 81.9 Å². The van der Waals surface area contributed by atoms with Gasteiger partial charge in [0.1, 0.15) is 6.07 Å². The molecule has 3 rings (SSSR count). The van der Waals surface area contributed by atoms with E-state index in [1.54, 1.807) is 23.6 Å². The third kappa shape index (κ3) is 4.64. The number of amides is 1. The van der Waals surface area contributed by atoms with Crippen molar-refractivity contribution < 1.29 is 4.79 Å². The van der Waals surface area contributed by atoms with Gasteiger partial charge in [-0.05, 0) is 47.2 Å². The highest BCUT2D eigenvalue weighted by molar-refractivity contribution is 7.08. The van der Waals surface area contributed by atoms with Crippen LogP contribution in [0, 0.1) is 17.2 Å². The third-order valence-electron chi connectivity index (χ3n) is 4.23. The summed E-state index contributed by atoms with van der Waals surface area (Å²) in [5, 5.41) is 16.1. The zero-order valence-electron chi connectivity index (χ0n) is 13.8. The summed E-state index contributed by atoms with van der Waals surface area (Å²) in [6.07, 6.45) is 8.46. The summed E-state index contributed by atoms with van der Waals surface area (Å²) in [5.74, 6) is 1.04. The van der Waals surface area contributed by atoms with Crippen LogP contribution in [0.2, 0.25) is 0 Å². The van der Waals surface area contributed by atoms with Crippen LogP contribution in [0.15, 0.2) is 35.3 Å². The molecule has 6 nitrogen and oxygen atoms in total. The summed E-state index contributed by atoms with van der Waals surface area (Å²) in [6.45, 7) is 2.31. The van der Waals surface area contributed by atoms with Crippen LogP contribution in [0.4, 0.5) is 5.82 Å². The molecule has 1 N–H and O–H groups in total. The first-order valence-electron chi connectivity index (χ1n) is 8.20. The van der Waals surface area contributed by atoms with Crippen molar-refractivity contribution in [3.05, 3.63) is 46.6 Å². The van der Waals surface area contributed by atoms with Crippen LogP contribution in [0.3, 0.4) is 0 Å². The highest BCUT2D eigenvalue weighted by Crippen LogP contribution is 2.22. The molecular weight excluding hydrogens is 334 g/mol. The lowest BCUT2D eigenvalue weighted by molar-refractivity contribution is -0.116. The largest absolute Gasteiger partial charge is 0.354 e. The summed E-state index contributed by atoms with van der Waals surface area (Å²) >= 11 is 1.61. The van der Waals surface area contributed by atoms with Crippen LogP contribution in [-0.4, -0.2) is 35.5 Å². The van der Waals surface area contributed by atoms with Gasteiger partial charge in [-0.3, -0.25) is 4.79 Å². The van der Waals surface area contributed by atoms with E-state index in [1.165, 1.54) is 6.20 Å². The molecule has 1 fully saturated rings. The first-order chi connectivity index (χ1) is 12.3. The Morgan fingerprint density at radius 2 is 2.20 bits per heavy atom. The Morgan fingerprint density at radius 3 is 2.92 bits per heavy atom. The van der Waals surface area contributed by atoms with E-state index in [2.05, 4.69) is 26.3 Å². The van der Waals surface area contributed by atoms with Gasteiger partial charge in [-0.25, -0.2) is 9.97 Å². The standard InChI is InChI=1S/C18H19N5OS/c19-11-16-18(21-7-6-20-16)23-8-3-14(4-9-23)12-22-17(24)2-1-15-5-10-25-13-15/h1-2,5-7,10,13-14H,3-4,8-9,12H2,(H,22,24)/b2-1+. The molecular formula is C18H19N5OS. The van der Waals surface area contributed by atoms with E-state index in [-0.39, 0.29) is 5.91 Å². The van der Waals surface area contributed by atoms with Gasteiger partial charge in [0.15, 0.2) is 11.5 Å². The Morgan fingerprint density at radius 1 is 1.40 bits per heavy atom. The van der Waals surface area contributed by atoms with Gasteiger partial charge in [-0.15, -0.1) is 0 Å². The Balaban J connectivity index is 1.45. The Kier molecular flexibility index (Phi) is 5.75. The molecule has 1 amide bonds. The highest BCUT2D eigenvalue weighted by Gasteiger charge is 2.22. The van der Waals surface area contributed by atoms with Crippen LogP contribution in [-0.2, 0) is 4.79 Å². The normalized spacial score (nSPS) is 15.2. The molecule has 25 heavy (non-hydrogen) atoms. The zero-order chi connectivity index (χ0) is 17.5. The quantitative estimate of drug-likeness (QED) is 0.835. The van der Waals surface area contributed by atoms with Gasteiger partial charge in [0.05, 0.1) is 0 Å². The van der Waals surface area contributed by atoms with E-state index in [4.69, 9.17) is 5.26 Å². The van der Waals surface area contributed by atoms with Crippen molar-refractivity contribution in [3.63, 3.8) is 0 Å². The van der Waals surface area contributed by atoms with Crippen molar-refractivity contribution >= 4 is 29.1 Å². The smallest absolute Gasteiger partial charge is 0.244 e. The first-order valence-corrected chi connectivity index (χ1v) is 9.14. The summed E-state index contributed by atoms with van der Waals surface area (Å²) in [5.41, 5.74) is 1.42. The number of aromatic nitrogens is 2. The predicted octanol–water partition coefficient (Wildman–Crippen LogP) is 2.46. The summed E-state index contributed by atoms with van der Waals surface area (Å²) in [4.78, 5) is 22.3. The highest BCUT2D eigenvalue weighted by atomic mass is 32.1. The fourth-order valence-electron chi connectivity index (χ4n) is 2.84. The number of nitrogens with one attached hydrogen (secondary N) is 1. The van der Waals surface area contributed by atoms with Gasteiger partial charge < -0.3 is 10.2 Å². The molecule has 128 valence electrons. The monoisotopic (exact) mass is 353 g/mol. The SMILES string of the molecule is N#Cc1nccnc1N1CCC(CNC(=O)/C=C/c2ccsc2)CC1. The molecule has 0 unspecified atom stereocenters. The van der Waals surface area contributed by atoms with Crippen molar-refractivity contribution in [3.8, 4) is 6.07 Å². The number of anilines is 1. The second-order valence-corrected chi connectivity index (χ2v) is 6.69. The summed E-state index contributed by atoms with van der Waals surface area (Å²) in [7, 11) is 0. The van der Waals surface area contributed by atoms with Gasteiger partial charge in [0, 0.05) is 38.1 Å². The van der Waals surface area contributed by atoms with Gasteiger partial charge in [-0.1, -0.05) is 0 Å². The maximum atomic E-state index is 11.9. The first kappa shape index (κ1) is 17.1. The second kappa shape index (κ2) is 8.40. The number of thiophene rings is 1. The number of hydrogen-bond donors (Lipinski definition) is 1. The molecule has 0 atom stereocenters. The van der Waals surface area contributed by atoms with Crippen LogP contribution < -0.4 is 10.2 Å². The van der Waals surface area contributed by atoms with Crippen molar-refractivity contribution in [2.24, 2.45) is 5.92 Å². The number of rotatable bonds is 5. The number of carbonyl (C=O) groups is 1. The van der Waals surface area contributed by atoms with Crippen molar-refractivity contribution in [1.29, 1.82) is 5.26 Å². The zero-order valence-corrected chi connectivity index (χ0v) is 14.6. The minimum absolute atomic E-state index is 0.0608. The summed E-state index contributed by atoms with van der Waals surface area (Å²) < 4.78 is 0. The molecule has 1 aliphatic rings. The van der Waals surface area contributed by atoms with Crippen molar-refractivity contribution in [2.75, 3.05) is 24.5 Å². The average molecular weight is 353 g/mol. The molecule has 0 radical (unpaired) electrons. The third-order valence-corrected chi connectivity index (χ3v) is 4.94. The molecule has 1 aliphatic heterocycles. The lowest BCUT2D eigenvalue weighted by Gasteiger charge is -2.32. The molecule has 7 heteroatoms. The Bertz CT molecular complexity index is 773. The van der Waals surface area contributed by atoms with E-state index in [0.717, 1.165) is 31.5 Å². The number of nitriles is 1. The number of piperidine rings is 1. The van der Waals surface area contributed by atoms with Gasteiger partial charge in [0.2, 0.25) is 5.91 Å². The molecule has 3 heterocycles. The molecule has 0 saturated carbocycles. The molecule has 0 aliphatic carbocycles. The lowest BCUT2D eigenvalue weighted by Crippen LogP contribution is -2.39. The van der Waals surface area contributed by atoms with Crippen LogP contribution in [0.25, 0.3) is 6.08 Å². The maximum absolute atomic E-state index is 11.9. The maximum Gasteiger partial charge on any atom is 0.244 e. The van der Waals surface area contributed by atoms with Gasteiger partial charge >= 0.3 is 0 Å². The van der Waals surface area contributed by atoms with E-state index in [9.17, 15) is 4.79 Å². The van der Waals surface area contributed by atoms with E-state index in [0.29, 0.717) is 24.0 Å². The van der Waals surface area contributed by atoms with Crippen LogP contribution >= 0.6 is 11.3 Å². The van der Waals surface area contributed by atoms with Crippen molar-refractivity contribution in [2.45, 2.75) is 12.8 Å². The lowest BCUT2D eigenvalue weighted by atomic mass is 9.96. The molecule has 2 aromatic heterocycles.